The normalized spacial score (nSPS) is 10.9. The van der Waals surface area contributed by atoms with Crippen LogP contribution >= 0.6 is 0 Å². The van der Waals surface area contributed by atoms with E-state index in [4.69, 9.17) is 0 Å². The van der Waals surface area contributed by atoms with Crippen LogP contribution in [-0.4, -0.2) is 26.4 Å². The molecular weight excluding hydrogens is 336 g/mol. The van der Waals surface area contributed by atoms with Crippen LogP contribution in [0.4, 0.5) is 11.4 Å². The molecule has 0 unspecified atom stereocenters. The topological polar surface area (TPSA) is 116 Å². The first-order valence-corrected chi connectivity index (χ1v) is 8.19. The minimum absolute atomic E-state index is 0.0457. The van der Waals surface area contributed by atoms with Crippen LogP contribution in [-0.2, 0) is 14.8 Å². The van der Waals surface area contributed by atoms with E-state index in [2.05, 4.69) is 9.46 Å². The number of hydrogen-bond donors (Lipinski definition) is 1. The summed E-state index contributed by atoms with van der Waals surface area (Å²) in [5, 5.41) is 10.8. The fraction of sp³-hybridized carbons (Fsp3) is 0.133. The highest BCUT2D eigenvalue weighted by Gasteiger charge is 2.19. The lowest BCUT2D eigenvalue weighted by molar-refractivity contribution is -0.384. The molecule has 24 heavy (non-hydrogen) atoms. The maximum Gasteiger partial charge on any atom is 0.338 e. The molecule has 1 N–H and O–H groups in total. The number of esters is 1. The number of hydrogen-bond acceptors (Lipinski definition) is 6. The maximum atomic E-state index is 12.4. The molecule has 0 atom stereocenters. The number of methoxy groups -OCH3 is 1. The molecule has 126 valence electrons. The molecule has 0 fully saturated rings. The van der Waals surface area contributed by atoms with E-state index in [9.17, 15) is 23.3 Å². The first-order valence-electron chi connectivity index (χ1n) is 6.71. The summed E-state index contributed by atoms with van der Waals surface area (Å²) in [7, 11) is -2.82. The van der Waals surface area contributed by atoms with E-state index in [0.717, 1.165) is 6.07 Å². The molecule has 2 aromatic rings. The predicted octanol–water partition coefficient (Wildman–Crippen LogP) is 2.49. The van der Waals surface area contributed by atoms with Crippen LogP contribution in [0, 0.1) is 17.0 Å². The number of sulfonamides is 1. The van der Waals surface area contributed by atoms with Crippen LogP contribution in [0.2, 0.25) is 0 Å². The Morgan fingerprint density at radius 2 is 1.92 bits per heavy atom. The summed E-state index contributed by atoms with van der Waals surface area (Å²) in [4.78, 5) is 21.7. The van der Waals surface area contributed by atoms with Crippen LogP contribution in [0.5, 0.6) is 0 Å². The molecule has 0 bridgehead atoms. The quantitative estimate of drug-likeness (QED) is 0.503. The van der Waals surface area contributed by atoms with Gasteiger partial charge in [0.15, 0.2) is 0 Å². The van der Waals surface area contributed by atoms with Gasteiger partial charge in [-0.25, -0.2) is 13.2 Å². The van der Waals surface area contributed by atoms with E-state index in [1.165, 1.54) is 43.5 Å². The van der Waals surface area contributed by atoms with Crippen LogP contribution < -0.4 is 4.72 Å². The lowest BCUT2D eigenvalue weighted by Gasteiger charge is -2.10. The second kappa shape index (κ2) is 6.67. The van der Waals surface area contributed by atoms with E-state index in [1.807, 2.05) is 0 Å². The summed E-state index contributed by atoms with van der Waals surface area (Å²) < 4.78 is 31.7. The third-order valence-corrected chi connectivity index (χ3v) is 4.61. The molecule has 9 heteroatoms. The molecule has 0 aliphatic rings. The van der Waals surface area contributed by atoms with Gasteiger partial charge in [-0.15, -0.1) is 0 Å². The highest BCUT2D eigenvalue weighted by Crippen LogP contribution is 2.22. The summed E-state index contributed by atoms with van der Waals surface area (Å²) in [5.74, 6) is -0.653. The van der Waals surface area contributed by atoms with Gasteiger partial charge in [0.25, 0.3) is 15.7 Å². The van der Waals surface area contributed by atoms with Crippen LogP contribution in [0.1, 0.15) is 15.9 Å². The van der Waals surface area contributed by atoms with Gasteiger partial charge in [0.05, 0.1) is 28.2 Å². The van der Waals surface area contributed by atoms with Crippen molar-refractivity contribution in [1.29, 1.82) is 0 Å². The molecule has 0 aromatic heterocycles. The monoisotopic (exact) mass is 350 g/mol. The lowest BCUT2D eigenvalue weighted by Crippen LogP contribution is -2.14. The highest BCUT2D eigenvalue weighted by molar-refractivity contribution is 7.92. The molecule has 0 spiro atoms. The van der Waals surface area contributed by atoms with Gasteiger partial charge in [0.1, 0.15) is 0 Å². The molecule has 2 rings (SSSR count). The summed E-state index contributed by atoms with van der Waals surface area (Å²) in [6.45, 7) is 1.65. The summed E-state index contributed by atoms with van der Waals surface area (Å²) in [6.07, 6.45) is 0. The molecule has 0 radical (unpaired) electrons. The second-order valence-corrected chi connectivity index (χ2v) is 6.56. The van der Waals surface area contributed by atoms with Crippen molar-refractivity contribution < 1.29 is 22.9 Å². The molecule has 8 nitrogen and oxygen atoms in total. The number of carbonyl (C=O) groups is 1. The number of aryl methyl sites for hydroxylation is 1. The number of anilines is 1. The zero-order chi connectivity index (χ0) is 17.9. The molecule has 0 amide bonds. The maximum absolute atomic E-state index is 12.4. The van der Waals surface area contributed by atoms with Gasteiger partial charge in [0, 0.05) is 12.1 Å². The molecular formula is C15H14N2O6S. The largest absolute Gasteiger partial charge is 0.465 e. The number of nitrogens with one attached hydrogen (secondary N) is 1. The van der Waals surface area contributed by atoms with E-state index >= 15 is 0 Å². The zero-order valence-corrected chi connectivity index (χ0v) is 13.7. The average molecular weight is 350 g/mol. The Hall–Kier alpha value is -2.94. The molecule has 2 aromatic carbocycles. The van der Waals surface area contributed by atoms with Gasteiger partial charge in [0.2, 0.25) is 0 Å². The number of ether oxygens (including phenoxy) is 1. The first kappa shape index (κ1) is 17.4. The van der Waals surface area contributed by atoms with Crippen molar-refractivity contribution in [2.75, 3.05) is 11.8 Å². The molecule has 0 aliphatic heterocycles. The molecule has 0 saturated heterocycles. The Balaban J connectivity index is 2.39. The van der Waals surface area contributed by atoms with Crippen molar-refractivity contribution in [2.24, 2.45) is 0 Å². The fourth-order valence-electron chi connectivity index (χ4n) is 2.00. The van der Waals surface area contributed by atoms with E-state index in [-0.39, 0.29) is 21.8 Å². The minimum Gasteiger partial charge on any atom is -0.465 e. The molecule has 0 heterocycles. The van der Waals surface area contributed by atoms with Crippen molar-refractivity contribution in [3.8, 4) is 0 Å². The van der Waals surface area contributed by atoms with Crippen LogP contribution in [0.25, 0.3) is 0 Å². The number of rotatable bonds is 5. The Bertz CT molecular complexity index is 908. The van der Waals surface area contributed by atoms with Crippen LogP contribution in [0.15, 0.2) is 47.4 Å². The third kappa shape index (κ3) is 3.69. The van der Waals surface area contributed by atoms with Crippen molar-refractivity contribution >= 4 is 27.4 Å². The van der Waals surface area contributed by atoms with Gasteiger partial charge in [-0.2, -0.15) is 0 Å². The third-order valence-electron chi connectivity index (χ3n) is 3.23. The second-order valence-electron chi connectivity index (χ2n) is 4.88. The Labute approximate surface area is 138 Å². The predicted molar refractivity (Wildman–Crippen MR) is 86.4 cm³/mol. The lowest BCUT2D eigenvalue weighted by atomic mass is 10.1. The minimum atomic E-state index is -4.02. The van der Waals surface area contributed by atoms with Gasteiger partial charge >= 0.3 is 5.97 Å². The molecule has 0 aliphatic carbocycles. The van der Waals surface area contributed by atoms with E-state index in [0.29, 0.717) is 5.56 Å². The van der Waals surface area contributed by atoms with Gasteiger partial charge in [-0.3, -0.25) is 14.8 Å². The number of nitrogens with zero attached hydrogens (tertiary/aromatic N) is 1. The van der Waals surface area contributed by atoms with Crippen molar-refractivity contribution in [2.45, 2.75) is 11.8 Å². The molecule has 0 saturated carbocycles. The van der Waals surface area contributed by atoms with Gasteiger partial charge < -0.3 is 4.74 Å². The van der Waals surface area contributed by atoms with Crippen molar-refractivity contribution in [3.63, 3.8) is 0 Å². The number of benzene rings is 2. The van der Waals surface area contributed by atoms with Gasteiger partial charge in [-0.1, -0.05) is 12.1 Å². The van der Waals surface area contributed by atoms with Crippen LogP contribution in [0.3, 0.4) is 0 Å². The Kier molecular flexibility index (Phi) is 4.84. The standard InChI is InChI=1S/C15H14N2O6S/c1-10-6-7-13(9-14(10)15(18)23-2)24(21,22)16-11-4-3-5-12(8-11)17(19)20/h3-9,16H,1-2H3. The summed E-state index contributed by atoms with van der Waals surface area (Å²) >= 11 is 0. The average Bonchev–Trinajstić information content (AvgIpc) is 2.54. The van der Waals surface area contributed by atoms with Gasteiger partial charge in [-0.05, 0) is 30.7 Å². The van der Waals surface area contributed by atoms with E-state index < -0.39 is 20.9 Å². The van der Waals surface area contributed by atoms with Crippen molar-refractivity contribution in [3.05, 3.63) is 63.7 Å². The number of carbonyl (C=O) groups excluding carboxylic acids is 1. The zero-order valence-electron chi connectivity index (χ0n) is 12.8. The number of non-ortho nitro benzene ring substituents is 1. The number of nitro groups is 1. The Morgan fingerprint density at radius 3 is 2.54 bits per heavy atom. The first-order chi connectivity index (χ1) is 11.2. The highest BCUT2D eigenvalue weighted by atomic mass is 32.2. The summed E-state index contributed by atoms with van der Waals surface area (Å²) in [5.41, 5.74) is 0.495. The Morgan fingerprint density at radius 1 is 1.21 bits per heavy atom. The fourth-order valence-corrected chi connectivity index (χ4v) is 3.07. The smallest absolute Gasteiger partial charge is 0.338 e. The van der Waals surface area contributed by atoms with E-state index in [1.54, 1.807) is 6.92 Å². The van der Waals surface area contributed by atoms with Crippen molar-refractivity contribution in [1.82, 2.24) is 0 Å². The number of nitro benzene ring substituents is 1. The SMILES string of the molecule is COC(=O)c1cc(S(=O)(=O)Nc2cccc([N+](=O)[O-])c2)ccc1C. The summed E-state index contributed by atoms with van der Waals surface area (Å²) in [6, 6.07) is 9.12.